The molecule has 0 saturated heterocycles. The molecule has 1 aliphatic heterocycles. The first kappa shape index (κ1) is 15.2. The van der Waals surface area contributed by atoms with Gasteiger partial charge in [0.1, 0.15) is 5.75 Å². The first-order chi connectivity index (χ1) is 10.1. The second kappa shape index (κ2) is 6.21. The van der Waals surface area contributed by atoms with Crippen LogP contribution in [-0.4, -0.2) is 23.6 Å². The van der Waals surface area contributed by atoms with Crippen LogP contribution in [0.4, 0.5) is 5.69 Å². The zero-order valence-electron chi connectivity index (χ0n) is 12.5. The summed E-state index contributed by atoms with van der Waals surface area (Å²) in [4.78, 5) is 5.00. The van der Waals surface area contributed by atoms with Crippen molar-refractivity contribution in [1.82, 2.24) is 0 Å². The van der Waals surface area contributed by atoms with Crippen LogP contribution in [0.3, 0.4) is 0 Å². The second-order valence-electron chi connectivity index (χ2n) is 6.09. The Morgan fingerprint density at radius 3 is 2.81 bits per heavy atom. The minimum atomic E-state index is 0.198. The number of hydrogen-bond acceptors (Lipinski definition) is 4. The summed E-state index contributed by atoms with van der Waals surface area (Å²) in [5.74, 6) is 2.84. The topological polar surface area (TPSA) is 33.6 Å². The number of rotatable bonds is 2. The highest BCUT2D eigenvalue weighted by molar-refractivity contribution is 9.10. The molecule has 1 aliphatic carbocycles. The quantitative estimate of drug-likeness (QED) is 0.803. The highest BCUT2D eigenvalue weighted by Crippen LogP contribution is 2.41. The van der Waals surface area contributed by atoms with Crippen LogP contribution in [0.1, 0.15) is 32.6 Å². The van der Waals surface area contributed by atoms with E-state index in [-0.39, 0.29) is 5.54 Å². The van der Waals surface area contributed by atoms with E-state index in [0.29, 0.717) is 0 Å². The number of nitrogens with one attached hydrogen (secondary N) is 1. The summed E-state index contributed by atoms with van der Waals surface area (Å²) in [6.07, 6.45) is 5.09. The average molecular weight is 369 g/mol. The number of halogens is 1. The predicted molar refractivity (Wildman–Crippen MR) is 94.6 cm³/mol. The number of benzene rings is 1. The van der Waals surface area contributed by atoms with Crippen molar-refractivity contribution in [2.45, 2.75) is 38.1 Å². The molecule has 3 nitrogen and oxygen atoms in total. The Kier molecular flexibility index (Phi) is 4.50. The van der Waals surface area contributed by atoms with Crippen LogP contribution in [0.5, 0.6) is 5.75 Å². The highest BCUT2D eigenvalue weighted by atomic mass is 79.9. The molecule has 114 valence electrons. The lowest BCUT2D eigenvalue weighted by atomic mass is 9.79. The summed E-state index contributed by atoms with van der Waals surface area (Å²) in [6.45, 7) is 2.35. The van der Waals surface area contributed by atoms with E-state index in [0.717, 1.165) is 32.7 Å². The molecule has 2 aliphatic rings. The van der Waals surface area contributed by atoms with E-state index in [2.05, 4.69) is 28.2 Å². The van der Waals surface area contributed by atoms with Crippen molar-refractivity contribution in [3.8, 4) is 5.75 Å². The van der Waals surface area contributed by atoms with Crippen molar-refractivity contribution < 1.29 is 4.74 Å². The monoisotopic (exact) mass is 368 g/mol. The number of hydrogen-bond donors (Lipinski definition) is 1. The first-order valence-corrected chi connectivity index (χ1v) is 9.21. The van der Waals surface area contributed by atoms with Gasteiger partial charge in [-0.2, -0.15) is 0 Å². The summed E-state index contributed by atoms with van der Waals surface area (Å²) in [6, 6.07) is 6.03. The van der Waals surface area contributed by atoms with Crippen molar-refractivity contribution in [3.63, 3.8) is 0 Å². The van der Waals surface area contributed by atoms with Crippen LogP contribution < -0.4 is 10.1 Å². The van der Waals surface area contributed by atoms with Crippen LogP contribution in [-0.2, 0) is 0 Å². The first-order valence-electron chi connectivity index (χ1n) is 7.43. The van der Waals surface area contributed by atoms with Crippen molar-refractivity contribution in [1.29, 1.82) is 0 Å². The molecule has 1 spiro atoms. The van der Waals surface area contributed by atoms with Crippen LogP contribution in [0, 0.1) is 5.92 Å². The van der Waals surface area contributed by atoms with Gasteiger partial charge in [-0.15, -0.1) is 0 Å². The minimum Gasteiger partial charge on any atom is -0.496 e. The molecule has 1 fully saturated rings. The van der Waals surface area contributed by atoms with Gasteiger partial charge in [0.25, 0.3) is 0 Å². The molecule has 0 radical (unpaired) electrons. The van der Waals surface area contributed by atoms with Crippen molar-refractivity contribution >= 4 is 38.5 Å². The van der Waals surface area contributed by atoms with E-state index in [1.54, 1.807) is 7.11 Å². The van der Waals surface area contributed by atoms with Crippen molar-refractivity contribution in [2.24, 2.45) is 10.9 Å². The van der Waals surface area contributed by atoms with Crippen molar-refractivity contribution in [2.75, 3.05) is 18.2 Å². The molecule has 1 aromatic rings. The fraction of sp³-hybridized carbons (Fsp3) is 0.562. The maximum atomic E-state index is 5.26. The summed E-state index contributed by atoms with van der Waals surface area (Å²) >= 11 is 5.37. The third-order valence-corrected chi connectivity index (χ3v) is 6.19. The van der Waals surface area contributed by atoms with Crippen LogP contribution in [0.25, 0.3) is 0 Å². The maximum Gasteiger partial charge on any atom is 0.161 e. The maximum absolute atomic E-state index is 5.26. The largest absolute Gasteiger partial charge is 0.496 e. The number of thioether (sulfide) groups is 1. The number of anilines is 1. The van der Waals surface area contributed by atoms with Gasteiger partial charge in [-0.05, 0) is 65.7 Å². The summed E-state index contributed by atoms with van der Waals surface area (Å²) in [5.41, 5.74) is 1.25. The Balaban J connectivity index is 1.70. The number of amidine groups is 1. The fourth-order valence-corrected chi connectivity index (χ4v) is 4.72. The summed E-state index contributed by atoms with van der Waals surface area (Å²) < 4.78 is 6.22. The Labute approximate surface area is 139 Å². The normalized spacial score (nSPS) is 28.5. The minimum absolute atomic E-state index is 0.198. The molecule has 1 heterocycles. The predicted octanol–water partition coefficient (Wildman–Crippen LogP) is 4.92. The zero-order chi connectivity index (χ0) is 14.9. The van der Waals surface area contributed by atoms with Gasteiger partial charge in [0.15, 0.2) is 5.17 Å². The van der Waals surface area contributed by atoms with E-state index in [1.807, 2.05) is 30.0 Å². The SMILES string of the molecule is COc1ccc(NC2=NC3(CCC(C)CC3)CS2)cc1Br. The Bertz CT molecular complexity index is 553. The summed E-state index contributed by atoms with van der Waals surface area (Å²) in [7, 11) is 1.68. The summed E-state index contributed by atoms with van der Waals surface area (Å²) in [5, 5.41) is 4.50. The standard InChI is InChI=1S/C16H21BrN2OS/c1-11-5-7-16(8-6-11)10-21-15(19-16)18-12-3-4-14(20-2)13(17)9-12/h3-4,9,11H,5-8,10H2,1-2H3,(H,18,19). The zero-order valence-corrected chi connectivity index (χ0v) is 14.9. The van der Waals surface area contributed by atoms with Gasteiger partial charge in [0.2, 0.25) is 0 Å². The third kappa shape index (κ3) is 3.39. The molecule has 0 aromatic heterocycles. The Morgan fingerprint density at radius 1 is 1.38 bits per heavy atom. The molecule has 1 saturated carbocycles. The number of ether oxygens (including phenoxy) is 1. The number of aliphatic imine (C=N–C) groups is 1. The lowest BCUT2D eigenvalue weighted by Crippen LogP contribution is -2.32. The van der Waals surface area contributed by atoms with E-state index < -0.39 is 0 Å². The smallest absolute Gasteiger partial charge is 0.161 e. The molecule has 21 heavy (non-hydrogen) atoms. The number of nitrogens with zero attached hydrogens (tertiary/aromatic N) is 1. The molecule has 0 amide bonds. The third-order valence-electron chi connectivity index (χ3n) is 4.42. The molecule has 5 heteroatoms. The molecule has 0 unspecified atom stereocenters. The molecule has 0 atom stereocenters. The van der Waals surface area contributed by atoms with Gasteiger partial charge >= 0.3 is 0 Å². The molecular weight excluding hydrogens is 348 g/mol. The van der Waals surface area contributed by atoms with Gasteiger partial charge < -0.3 is 10.1 Å². The van der Waals surface area contributed by atoms with Crippen LogP contribution >= 0.6 is 27.7 Å². The van der Waals surface area contributed by atoms with Gasteiger partial charge in [-0.3, -0.25) is 4.99 Å². The lowest BCUT2D eigenvalue weighted by molar-refractivity contribution is 0.273. The molecule has 1 aromatic carbocycles. The molecular formula is C16H21BrN2OS. The van der Waals surface area contributed by atoms with Gasteiger partial charge in [0.05, 0.1) is 17.1 Å². The lowest BCUT2D eigenvalue weighted by Gasteiger charge is -2.32. The Hall–Kier alpha value is -0.680. The number of methoxy groups -OCH3 is 1. The highest BCUT2D eigenvalue weighted by Gasteiger charge is 2.38. The van der Waals surface area contributed by atoms with E-state index >= 15 is 0 Å². The van der Waals surface area contributed by atoms with Gasteiger partial charge in [-0.1, -0.05) is 18.7 Å². The van der Waals surface area contributed by atoms with E-state index in [9.17, 15) is 0 Å². The second-order valence-corrected chi connectivity index (χ2v) is 7.91. The van der Waals surface area contributed by atoms with Gasteiger partial charge in [0, 0.05) is 11.4 Å². The molecule has 0 bridgehead atoms. The molecule has 3 rings (SSSR count). The van der Waals surface area contributed by atoms with Crippen LogP contribution in [0.2, 0.25) is 0 Å². The fourth-order valence-electron chi connectivity index (χ4n) is 2.97. The molecule has 1 N–H and O–H groups in total. The van der Waals surface area contributed by atoms with Crippen LogP contribution in [0.15, 0.2) is 27.7 Å². The average Bonchev–Trinajstić information content (AvgIpc) is 2.86. The van der Waals surface area contributed by atoms with Gasteiger partial charge in [-0.25, -0.2) is 0 Å². The van der Waals surface area contributed by atoms with E-state index in [1.165, 1.54) is 25.7 Å². The Morgan fingerprint density at radius 2 is 2.14 bits per heavy atom. The van der Waals surface area contributed by atoms with E-state index in [4.69, 9.17) is 9.73 Å². The van der Waals surface area contributed by atoms with Crippen molar-refractivity contribution in [3.05, 3.63) is 22.7 Å².